The molecule has 0 atom stereocenters. The lowest BCUT2D eigenvalue weighted by molar-refractivity contribution is -0.500. The van der Waals surface area contributed by atoms with Crippen LogP contribution in [0.3, 0.4) is 0 Å². The van der Waals surface area contributed by atoms with Crippen molar-refractivity contribution in [2.45, 2.75) is 6.61 Å². The Morgan fingerprint density at radius 1 is 1.14 bits per heavy atom. The molecule has 0 spiro atoms. The van der Waals surface area contributed by atoms with E-state index in [1.165, 1.54) is 0 Å². The number of thiocarbonyl (C=S) groups is 1. The number of para-hydroxylation sites is 1. The summed E-state index contributed by atoms with van der Waals surface area (Å²) in [7, 11) is 1.76. The summed E-state index contributed by atoms with van der Waals surface area (Å²) in [5.74, 6) is 0.811. The molecule has 0 aliphatic heterocycles. The van der Waals surface area contributed by atoms with Crippen LogP contribution in [0, 0.1) is 0 Å². The van der Waals surface area contributed by atoms with Crippen molar-refractivity contribution in [1.29, 1.82) is 0 Å². The standard InChI is InChI=1S/C16H17N3OS/c1-17-16(21)19-18-11-14-9-5-6-10-15(14)20-12-13-7-3-2-4-8-13/h2-11H,12H2,1H3,(H2,17,19,21)/p+1. The van der Waals surface area contributed by atoms with E-state index < -0.39 is 0 Å². The molecule has 0 fully saturated rings. The Bertz CT molecular complexity index is 614. The molecular weight excluding hydrogens is 282 g/mol. The first kappa shape index (κ1) is 15.0. The van der Waals surface area contributed by atoms with Gasteiger partial charge in [-0.2, -0.15) is 0 Å². The summed E-state index contributed by atoms with van der Waals surface area (Å²) in [6, 6.07) is 17.9. The zero-order chi connectivity index (χ0) is 14.9. The van der Waals surface area contributed by atoms with E-state index in [1.807, 2.05) is 60.8 Å². The molecule has 2 aromatic rings. The first-order valence-corrected chi connectivity index (χ1v) is 7.02. The van der Waals surface area contributed by atoms with Crippen LogP contribution in [-0.2, 0) is 6.61 Å². The van der Waals surface area contributed by atoms with Gasteiger partial charge in [0.2, 0.25) is 11.3 Å². The molecule has 0 aliphatic rings. The zero-order valence-corrected chi connectivity index (χ0v) is 12.6. The number of hydrazone groups is 1. The number of benzene rings is 2. The predicted octanol–water partition coefficient (Wildman–Crippen LogP) is 0.774. The maximum Gasteiger partial charge on any atom is 0.223 e. The Balaban J connectivity index is 2.01. The molecule has 0 amide bonds. The number of hydrogen-bond acceptors (Lipinski definition) is 2. The molecule has 2 aromatic carbocycles. The number of nitrogens with one attached hydrogen (secondary N) is 3. The Morgan fingerprint density at radius 3 is 2.62 bits per heavy atom. The van der Waals surface area contributed by atoms with Gasteiger partial charge >= 0.3 is 0 Å². The Kier molecular flexibility index (Phi) is 5.72. The summed E-state index contributed by atoms with van der Waals surface area (Å²) in [5.41, 5.74) is 4.92. The van der Waals surface area contributed by atoms with Gasteiger partial charge in [0, 0.05) is 7.05 Å². The van der Waals surface area contributed by atoms with Crippen LogP contribution in [0.15, 0.2) is 54.6 Å². The molecule has 0 heterocycles. The van der Waals surface area contributed by atoms with Crippen molar-refractivity contribution in [2.24, 2.45) is 0 Å². The third-order valence-electron chi connectivity index (χ3n) is 2.80. The molecule has 0 radical (unpaired) electrons. The summed E-state index contributed by atoms with van der Waals surface area (Å²) < 4.78 is 5.86. The van der Waals surface area contributed by atoms with Crippen molar-refractivity contribution >= 4 is 23.5 Å². The highest BCUT2D eigenvalue weighted by atomic mass is 32.1. The van der Waals surface area contributed by atoms with Gasteiger partial charge in [0.25, 0.3) is 0 Å². The maximum atomic E-state index is 5.86. The molecule has 21 heavy (non-hydrogen) atoms. The fourth-order valence-electron chi connectivity index (χ4n) is 1.71. The SMILES string of the molecule is CNC(=S)N[NH+]=Cc1ccccc1OCc1ccccc1. The molecule has 0 aromatic heterocycles. The van der Waals surface area contributed by atoms with Crippen molar-refractivity contribution < 1.29 is 9.84 Å². The largest absolute Gasteiger partial charge is 0.488 e. The molecule has 0 aliphatic carbocycles. The monoisotopic (exact) mass is 300 g/mol. The van der Waals surface area contributed by atoms with Gasteiger partial charge in [-0.25, -0.2) is 0 Å². The van der Waals surface area contributed by atoms with E-state index in [4.69, 9.17) is 17.0 Å². The summed E-state index contributed by atoms with van der Waals surface area (Å²) in [5, 5.41) is 6.27. The van der Waals surface area contributed by atoms with Crippen molar-refractivity contribution in [3.8, 4) is 5.75 Å². The van der Waals surface area contributed by atoms with Gasteiger partial charge in [0.05, 0.1) is 5.56 Å². The van der Waals surface area contributed by atoms with Crippen LogP contribution >= 0.6 is 12.2 Å². The van der Waals surface area contributed by atoms with E-state index in [9.17, 15) is 0 Å². The Morgan fingerprint density at radius 2 is 1.86 bits per heavy atom. The van der Waals surface area contributed by atoms with Crippen LogP contribution in [0.25, 0.3) is 0 Å². The fraction of sp³-hybridized carbons (Fsp3) is 0.125. The lowest BCUT2D eigenvalue weighted by atomic mass is 10.2. The normalized spacial score (nSPS) is 10.3. The quantitative estimate of drug-likeness (QED) is 0.434. The van der Waals surface area contributed by atoms with Gasteiger partial charge in [0.15, 0.2) is 0 Å². The van der Waals surface area contributed by atoms with Crippen molar-refractivity contribution in [3.63, 3.8) is 0 Å². The topological polar surface area (TPSA) is 47.3 Å². The Labute approximate surface area is 129 Å². The van der Waals surface area contributed by atoms with Gasteiger partial charge in [-0.05, 0) is 29.9 Å². The minimum Gasteiger partial charge on any atom is -0.488 e. The average molecular weight is 300 g/mol. The number of hydrogen-bond donors (Lipinski definition) is 3. The average Bonchev–Trinajstić information content (AvgIpc) is 2.54. The third kappa shape index (κ3) is 4.89. The van der Waals surface area contributed by atoms with Crippen LogP contribution in [-0.4, -0.2) is 18.4 Å². The second kappa shape index (κ2) is 8.01. The van der Waals surface area contributed by atoms with E-state index in [1.54, 1.807) is 7.05 Å². The van der Waals surface area contributed by atoms with Crippen LogP contribution in [0.4, 0.5) is 0 Å². The van der Waals surface area contributed by atoms with Crippen LogP contribution in [0.2, 0.25) is 0 Å². The van der Waals surface area contributed by atoms with Gasteiger partial charge in [-0.1, -0.05) is 42.5 Å². The van der Waals surface area contributed by atoms with Gasteiger partial charge in [-0.3, -0.25) is 0 Å². The number of ether oxygens (including phenoxy) is 1. The van der Waals surface area contributed by atoms with Gasteiger partial charge in [-0.15, -0.1) is 10.5 Å². The highest BCUT2D eigenvalue weighted by molar-refractivity contribution is 7.80. The van der Waals surface area contributed by atoms with Crippen LogP contribution in [0.1, 0.15) is 11.1 Å². The van der Waals surface area contributed by atoms with E-state index >= 15 is 0 Å². The van der Waals surface area contributed by atoms with Crippen molar-refractivity contribution in [1.82, 2.24) is 10.7 Å². The van der Waals surface area contributed by atoms with Gasteiger partial charge < -0.3 is 10.1 Å². The van der Waals surface area contributed by atoms with E-state index in [-0.39, 0.29) is 0 Å². The Hall–Kier alpha value is -2.40. The zero-order valence-electron chi connectivity index (χ0n) is 11.8. The molecule has 5 heteroatoms. The van der Waals surface area contributed by atoms with Crippen LogP contribution in [0.5, 0.6) is 5.75 Å². The fourth-order valence-corrected chi connectivity index (χ4v) is 1.77. The molecule has 0 saturated carbocycles. The van der Waals surface area contributed by atoms with E-state index in [2.05, 4.69) is 15.8 Å². The van der Waals surface area contributed by atoms with Crippen LogP contribution < -0.4 is 20.6 Å². The predicted molar refractivity (Wildman–Crippen MR) is 88.1 cm³/mol. The highest BCUT2D eigenvalue weighted by Crippen LogP contribution is 2.16. The molecule has 4 nitrogen and oxygen atoms in total. The minimum absolute atomic E-state index is 0.522. The number of rotatable bonds is 5. The van der Waals surface area contributed by atoms with Crippen molar-refractivity contribution in [2.75, 3.05) is 7.05 Å². The lowest BCUT2D eigenvalue weighted by Crippen LogP contribution is -2.82. The maximum absolute atomic E-state index is 5.86. The molecule has 108 valence electrons. The summed E-state index contributed by atoms with van der Waals surface area (Å²) >= 11 is 4.98. The molecule has 0 bridgehead atoms. The molecule has 0 unspecified atom stereocenters. The van der Waals surface area contributed by atoms with Gasteiger partial charge in [0.1, 0.15) is 12.4 Å². The minimum atomic E-state index is 0.522. The molecule has 3 N–H and O–H groups in total. The second-order valence-electron chi connectivity index (χ2n) is 4.30. The number of hydrazine groups is 1. The molecule has 2 rings (SSSR count). The third-order valence-corrected chi connectivity index (χ3v) is 3.10. The highest BCUT2D eigenvalue weighted by Gasteiger charge is 2.03. The van der Waals surface area contributed by atoms with E-state index in [0.717, 1.165) is 16.9 Å². The second-order valence-corrected chi connectivity index (χ2v) is 4.71. The van der Waals surface area contributed by atoms with E-state index in [0.29, 0.717) is 11.7 Å². The smallest absolute Gasteiger partial charge is 0.223 e. The first-order chi connectivity index (χ1) is 10.3. The van der Waals surface area contributed by atoms with Crippen molar-refractivity contribution in [3.05, 3.63) is 65.7 Å². The summed E-state index contributed by atoms with van der Waals surface area (Å²) in [6.07, 6.45) is 1.81. The molecular formula is C16H18N3OS+. The molecule has 0 saturated heterocycles. The summed E-state index contributed by atoms with van der Waals surface area (Å²) in [6.45, 7) is 0.536. The first-order valence-electron chi connectivity index (χ1n) is 6.62. The summed E-state index contributed by atoms with van der Waals surface area (Å²) in [4.78, 5) is 0. The lowest BCUT2D eigenvalue weighted by Gasteiger charge is -2.07.